The molecule has 1 aromatic heterocycles. The lowest BCUT2D eigenvalue weighted by Crippen LogP contribution is -2.32. The third kappa shape index (κ3) is 3.90. The zero-order valence-corrected chi connectivity index (χ0v) is 19.0. The van der Waals surface area contributed by atoms with Crippen molar-refractivity contribution in [2.24, 2.45) is 5.92 Å². The number of hydrogen-bond acceptors (Lipinski definition) is 3. The smallest absolute Gasteiger partial charge is 0.339 e. The van der Waals surface area contributed by atoms with Gasteiger partial charge >= 0.3 is 5.97 Å². The second kappa shape index (κ2) is 8.62. The predicted octanol–water partition coefficient (Wildman–Crippen LogP) is 5.70. The largest absolute Gasteiger partial charge is 0.496 e. The SMILES string of the molecule is COc1c(CN2CCC(c3cn(C(C)C4CC4)c4ccccc34)CC2)cccc1C(=O)O. The van der Waals surface area contributed by atoms with E-state index < -0.39 is 5.97 Å². The van der Waals surface area contributed by atoms with Gasteiger partial charge in [0.1, 0.15) is 11.3 Å². The van der Waals surface area contributed by atoms with E-state index in [0.717, 1.165) is 44.0 Å². The number of nitrogens with zero attached hydrogens (tertiary/aromatic N) is 2. The Balaban J connectivity index is 1.32. The molecule has 2 heterocycles. The van der Waals surface area contributed by atoms with Gasteiger partial charge in [0.05, 0.1) is 7.11 Å². The number of rotatable bonds is 7. The Kier molecular flexibility index (Phi) is 5.68. The summed E-state index contributed by atoms with van der Waals surface area (Å²) in [4.78, 5) is 14.0. The summed E-state index contributed by atoms with van der Waals surface area (Å²) in [5.74, 6) is 0.937. The second-order valence-corrected chi connectivity index (χ2v) is 9.44. The number of carbonyl (C=O) groups is 1. The number of ether oxygens (including phenoxy) is 1. The highest BCUT2D eigenvalue weighted by Gasteiger charge is 2.31. The van der Waals surface area contributed by atoms with Gasteiger partial charge in [-0.2, -0.15) is 0 Å². The monoisotopic (exact) mass is 432 g/mol. The van der Waals surface area contributed by atoms with Crippen molar-refractivity contribution in [1.82, 2.24) is 9.47 Å². The van der Waals surface area contributed by atoms with Crippen LogP contribution in [0.5, 0.6) is 5.75 Å². The van der Waals surface area contributed by atoms with Crippen molar-refractivity contribution >= 4 is 16.9 Å². The minimum Gasteiger partial charge on any atom is -0.496 e. The van der Waals surface area contributed by atoms with E-state index in [1.54, 1.807) is 13.2 Å². The second-order valence-electron chi connectivity index (χ2n) is 9.44. The first-order valence-corrected chi connectivity index (χ1v) is 11.8. The minimum atomic E-state index is -0.945. The molecule has 1 atom stereocenters. The fourth-order valence-corrected chi connectivity index (χ4v) is 5.46. The standard InChI is InChI=1S/C27H32N2O3/c1-18(19-10-11-19)29-17-24(22-7-3-4-9-25(22)29)20-12-14-28(15-13-20)16-21-6-5-8-23(27(30)31)26(21)32-2/h3-9,17-20H,10-16H2,1-2H3,(H,30,31). The molecule has 5 nitrogen and oxygen atoms in total. The molecule has 0 radical (unpaired) electrons. The van der Waals surface area contributed by atoms with Gasteiger partial charge in [-0.15, -0.1) is 0 Å². The van der Waals surface area contributed by atoms with E-state index in [9.17, 15) is 9.90 Å². The van der Waals surface area contributed by atoms with Gasteiger partial charge < -0.3 is 14.4 Å². The maximum atomic E-state index is 11.5. The quantitative estimate of drug-likeness (QED) is 0.520. The van der Waals surface area contributed by atoms with Crippen molar-refractivity contribution in [3.63, 3.8) is 0 Å². The molecule has 5 rings (SSSR count). The van der Waals surface area contributed by atoms with Crippen molar-refractivity contribution in [3.8, 4) is 5.75 Å². The average molecular weight is 433 g/mol. The molecule has 1 aliphatic carbocycles. The summed E-state index contributed by atoms with van der Waals surface area (Å²) < 4.78 is 7.98. The molecular formula is C27H32N2O3. The number of likely N-dealkylation sites (tertiary alicyclic amines) is 1. The molecular weight excluding hydrogens is 400 g/mol. The topological polar surface area (TPSA) is 54.7 Å². The summed E-state index contributed by atoms with van der Waals surface area (Å²) in [5.41, 5.74) is 4.05. The van der Waals surface area contributed by atoms with Crippen LogP contribution in [0, 0.1) is 5.92 Å². The van der Waals surface area contributed by atoms with Gasteiger partial charge in [0.2, 0.25) is 0 Å². The Morgan fingerprint density at radius 1 is 1.09 bits per heavy atom. The van der Waals surface area contributed by atoms with Crippen LogP contribution in [0.3, 0.4) is 0 Å². The fourth-order valence-electron chi connectivity index (χ4n) is 5.46. The van der Waals surface area contributed by atoms with Crippen LogP contribution >= 0.6 is 0 Å². The molecule has 168 valence electrons. The predicted molar refractivity (Wildman–Crippen MR) is 127 cm³/mol. The van der Waals surface area contributed by atoms with E-state index >= 15 is 0 Å². The number of fused-ring (bicyclic) bond motifs is 1. The first-order chi connectivity index (χ1) is 15.6. The number of aromatic nitrogens is 1. The van der Waals surface area contributed by atoms with Crippen LogP contribution in [0.2, 0.25) is 0 Å². The number of methoxy groups -OCH3 is 1. The molecule has 0 spiro atoms. The van der Waals surface area contributed by atoms with Gasteiger partial charge in [0.25, 0.3) is 0 Å². The first kappa shape index (κ1) is 21.1. The van der Waals surface area contributed by atoms with Crippen molar-refractivity contribution in [3.05, 3.63) is 65.4 Å². The van der Waals surface area contributed by atoms with Gasteiger partial charge in [-0.3, -0.25) is 4.90 Å². The van der Waals surface area contributed by atoms with Crippen molar-refractivity contribution in [2.75, 3.05) is 20.2 Å². The van der Waals surface area contributed by atoms with E-state index in [-0.39, 0.29) is 5.56 Å². The van der Waals surface area contributed by atoms with Crippen LogP contribution in [0.25, 0.3) is 10.9 Å². The molecule has 1 aliphatic heterocycles. The highest BCUT2D eigenvalue weighted by atomic mass is 16.5. The van der Waals surface area contributed by atoms with Crippen LogP contribution in [0.1, 0.15) is 66.1 Å². The zero-order chi connectivity index (χ0) is 22.2. The summed E-state index contributed by atoms with van der Waals surface area (Å²) >= 11 is 0. The molecule has 1 saturated carbocycles. The van der Waals surface area contributed by atoms with Gasteiger partial charge in [0, 0.05) is 35.2 Å². The van der Waals surface area contributed by atoms with Crippen LogP contribution in [-0.2, 0) is 6.54 Å². The number of hydrogen-bond donors (Lipinski definition) is 1. The van der Waals surface area contributed by atoms with Crippen molar-refractivity contribution in [2.45, 2.75) is 51.1 Å². The van der Waals surface area contributed by atoms with Crippen LogP contribution in [0.15, 0.2) is 48.7 Å². The third-order valence-electron chi connectivity index (χ3n) is 7.47. The van der Waals surface area contributed by atoms with Crippen LogP contribution in [-0.4, -0.2) is 40.7 Å². The molecule has 2 aliphatic rings. The highest BCUT2D eigenvalue weighted by Crippen LogP contribution is 2.43. The summed E-state index contributed by atoms with van der Waals surface area (Å²) in [6.45, 7) is 5.10. The van der Waals surface area contributed by atoms with Crippen LogP contribution in [0.4, 0.5) is 0 Å². The van der Waals surface area contributed by atoms with Gasteiger partial charge in [-0.25, -0.2) is 4.79 Å². The minimum absolute atomic E-state index is 0.234. The Hall–Kier alpha value is -2.79. The lowest BCUT2D eigenvalue weighted by atomic mass is 9.89. The lowest BCUT2D eigenvalue weighted by Gasteiger charge is -2.32. The maximum Gasteiger partial charge on any atom is 0.339 e. The van der Waals surface area contributed by atoms with E-state index in [2.05, 4.69) is 46.9 Å². The summed E-state index contributed by atoms with van der Waals surface area (Å²) in [7, 11) is 1.55. The van der Waals surface area contributed by atoms with E-state index in [0.29, 0.717) is 17.7 Å². The summed E-state index contributed by atoms with van der Waals surface area (Å²) in [6, 6.07) is 14.8. The Morgan fingerprint density at radius 2 is 1.84 bits per heavy atom. The number of para-hydroxylation sites is 2. The summed E-state index contributed by atoms with van der Waals surface area (Å²) in [6.07, 6.45) is 7.38. The summed E-state index contributed by atoms with van der Waals surface area (Å²) in [5, 5.41) is 10.9. The Morgan fingerprint density at radius 3 is 2.53 bits per heavy atom. The van der Waals surface area contributed by atoms with Crippen molar-refractivity contribution < 1.29 is 14.6 Å². The van der Waals surface area contributed by atoms with Gasteiger partial charge in [-0.05, 0) is 75.2 Å². The number of piperidine rings is 1. The molecule has 5 heteroatoms. The third-order valence-corrected chi connectivity index (χ3v) is 7.47. The van der Waals surface area contributed by atoms with E-state index in [1.165, 1.54) is 29.3 Å². The number of benzene rings is 2. The molecule has 1 saturated heterocycles. The van der Waals surface area contributed by atoms with E-state index in [1.807, 2.05) is 12.1 Å². The molecule has 2 aromatic carbocycles. The normalized spacial score (nSPS) is 18.7. The highest BCUT2D eigenvalue weighted by molar-refractivity contribution is 5.91. The van der Waals surface area contributed by atoms with Gasteiger partial charge in [-0.1, -0.05) is 30.3 Å². The molecule has 1 unspecified atom stereocenters. The molecule has 1 N–H and O–H groups in total. The van der Waals surface area contributed by atoms with Crippen molar-refractivity contribution in [1.29, 1.82) is 0 Å². The number of aromatic carboxylic acids is 1. The Labute approximate surface area is 189 Å². The molecule has 32 heavy (non-hydrogen) atoms. The molecule has 0 amide bonds. The fraction of sp³-hybridized carbons (Fsp3) is 0.444. The lowest BCUT2D eigenvalue weighted by molar-refractivity contribution is 0.0693. The van der Waals surface area contributed by atoms with Gasteiger partial charge in [0.15, 0.2) is 0 Å². The Bertz CT molecular complexity index is 1120. The first-order valence-electron chi connectivity index (χ1n) is 11.8. The molecule has 3 aromatic rings. The molecule has 2 fully saturated rings. The maximum absolute atomic E-state index is 11.5. The number of carboxylic acids is 1. The van der Waals surface area contributed by atoms with Crippen LogP contribution < -0.4 is 4.74 Å². The van der Waals surface area contributed by atoms with E-state index in [4.69, 9.17) is 4.74 Å². The number of carboxylic acid groups (broad SMARTS) is 1. The molecule has 0 bridgehead atoms. The zero-order valence-electron chi connectivity index (χ0n) is 19.0. The average Bonchev–Trinajstić information content (AvgIpc) is 3.59.